The molecule has 1 unspecified atom stereocenters. The van der Waals surface area contributed by atoms with Crippen molar-refractivity contribution in [3.63, 3.8) is 0 Å². The van der Waals surface area contributed by atoms with E-state index in [1.54, 1.807) is 6.07 Å². The highest BCUT2D eigenvalue weighted by Gasteiger charge is 2.15. The second-order valence-electron chi connectivity index (χ2n) is 4.18. The summed E-state index contributed by atoms with van der Waals surface area (Å²) in [6.45, 7) is 1.90. The maximum absolute atomic E-state index is 11.8. The van der Waals surface area contributed by atoms with Crippen molar-refractivity contribution in [1.29, 1.82) is 0 Å². The largest absolute Gasteiger partial charge is 0.376 e. The van der Waals surface area contributed by atoms with E-state index in [1.165, 1.54) is 7.11 Å². The molecule has 18 heavy (non-hydrogen) atoms. The zero-order valence-corrected chi connectivity index (χ0v) is 11.9. The van der Waals surface area contributed by atoms with Crippen molar-refractivity contribution in [2.75, 3.05) is 31.4 Å². The molecule has 1 aromatic rings. The molecule has 0 saturated heterocycles. The van der Waals surface area contributed by atoms with Gasteiger partial charge in [0.15, 0.2) is 0 Å². The third kappa shape index (κ3) is 3.62. The third-order valence-corrected chi connectivity index (χ3v) is 2.95. The fourth-order valence-electron chi connectivity index (χ4n) is 1.63. The van der Waals surface area contributed by atoms with Crippen LogP contribution in [0.25, 0.3) is 0 Å². The van der Waals surface area contributed by atoms with Gasteiger partial charge in [0.2, 0.25) is 0 Å². The lowest BCUT2D eigenvalue weighted by molar-refractivity contribution is -0.125. The molecule has 0 aliphatic carbocycles. The van der Waals surface area contributed by atoms with Gasteiger partial charge in [0.05, 0.1) is 10.7 Å². The molecule has 1 atom stereocenters. The molecule has 0 aliphatic rings. The molecule has 1 amide bonds. The molecule has 1 N–H and O–H groups in total. The summed E-state index contributed by atoms with van der Waals surface area (Å²) in [5.74, 6) is -0.159. The lowest BCUT2D eigenvalue weighted by Gasteiger charge is -2.17. The summed E-state index contributed by atoms with van der Waals surface area (Å²) in [5, 5.41) is 3.38. The number of nitrogens with zero attached hydrogens (tertiary/aromatic N) is 1. The van der Waals surface area contributed by atoms with Crippen LogP contribution in [0.2, 0.25) is 5.02 Å². The molecule has 100 valence electrons. The number of benzene rings is 1. The first-order valence-corrected chi connectivity index (χ1v) is 6.18. The Morgan fingerprint density at radius 1 is 1.50 bits per heavy atom. The molecule has 0 spiro atoms. The zero-order valence-electron chi connectivity index (χ0n) is 11.2. The van der Waals surface area contributed by atoms with E-state index in [9.17, 15) is 4.79 Å². The molecule has 0 bridgehead atoms. The van der Waals surface area contributed by atoms with Gasteiger partial charge in [-0.25, -0.2) is 0 Å². The number of rotatable bonds is 5. The molecule has 0 aromatic heterocycles. The fraction of sp³-hybridized carbons (Fsp3) is 0.462. The first kappa shape index (κ1) is 14.8. The minimum Gasteiger partial charge on any atom is -0.376 e. The molecule has 0 fully saturated rings. The van der Waals surface area contributed by atoms with E-state index >= 15 is 0 Å². The molecule has 1 aromatic carbocycles. The van der Waals surface area contributed by atoms with Gasteiger partial charge in [0.25, 0.3) is 5.91 Å². The van der Waals surface area contributed by atoms with Gasteiger partial charge in [0.1, 0.15) is 6.10 Å². The van der Waals surface area contributed by atoms with Gasteiger partial charge in [-0.2, -0.15) is 0 Å². The third-order valence-electron chi connectivity index (χ3n) is 2.64. The smallest absolute Gasteiger partial charge is 0.253 e. The van der Waals surface area contributed by atoms with Crippen molar-refractivity contribution >= 4 is 28.9 Å². The van der Waals surface area contributed by atoms with Crippen LogP contribution in [0.5, 0.6) is 0 Å². The lowest BCUT2D eigenvalue weighted by atomic mass is 10.2. The van der Waals surface area contributed by atoms with Crippen LogP contribution in [0.15, 0.2) is 18.2 Å². The summed E-state index contributed by atoms with van der Waals surface area (Å²) in [4.78, 5) is 13.7. The van der Waals surface area contributed by atoms with Gasteiger partial charge in [-0.3, -0.25) is 4.79 Å². The van der Waals surface area contributed by atoms with Crippen molar-refractivity contribution in [2.24, 2.45) is 0 Å². The number of nitrogens with one attached hydrogen (secondary N) is 1. The number of ether oxygens (including phenoxy) is 1. The minimum atomic E-state index is -0.433. The summed E-state index contributed by atoms with van der Waals surface area (Å²) >= 11 is 6.13. The molecular formula is C13H19ClN2O2. The average Bonchev–Trinajstić information content (AvgIpc) is 2.30. The van der Waals surface area contributed by atoms with Crippen molar-refractivity contribution in [1.82, 2.24) is 0 Å². The Bertz CT molecular complexity index is 417. The topological polar surface area (TPSA) is 41.6 Å². The average molecular weight is 271 g/mol. The Hall–Kier alpha value is -1.26. The predicted molar refractivity (Wildman–Crippen MR) is 75.5 cm³/mol. The number of halogens is 1. The van der Waals surface area contributed by atoms with E-state index in [-0.39, 0.29) is 5.91 Å². The summed E-state index contributed by atoms with van der Waals surface area (Å²) < 4.78 is 5.07. The maximum Gasteiger partial charge on any atom is 0.253 e. The molecule has 1 rings (SSSR count). The Balaban J connectivity index is 2.80. The lowest BCUT2D eigenvalue weighted by Crippen LogP contribution is -2.28. The second kappa shape index (κ2) is 6.61. The number of anilines is 2. The first-order chi connectivity index (χ1) is 8.49. The Labute approximate surface area is 113 Å². The highest BCUT2D eigenvalue weighted by molar-refractivity contribution is 6.33. The highest BCUT2D eigenvalue weighted by atomic mass is 35.5. The number of carbonyl (C=O) groups is 1. The van der Waals surface area contributed by atoms with Crippen LogP contribution in [0.3, 0.4) is 0 Å². The van der Waals surface area contributed by atoms with E-state index in [1.807, 2.05) is 38.1 Å². The molecular weight excluding hydrogens is 252 g/mol. The van der Waals surface area contributed by atoms with Crippen LogP contribution < -0.4 is 10.2 Å². The summed E-state index contributed by atoms with van der Waals surface area (Å²) in [6, 6.07) is 5.42. The van der Waals surface area contributed by atoms with Crippen LogP contribution in [0, 0.1) is 0 Å². The second-order valence-corrected chi connectivity index (χ2v) is 4.59. The number of hydrogen-bond donors (Lipinski definition) is 1. The van der Waals surface area contributed by atoms with Crippen LogP contribution >= 0.6 is 11.6 Å². The standard InChI is InChI=1S/C13H19ClN2O2/c1-5-12(18-4)13(17)15-9-6-7-11(16(2)3)10(14)8-9/h6-8,12H,5H2,1-4H3,(H,15,17). The van der Waals surface area contributed by atoms with Crippen LogP contribution in [-0.2, 0) is 9.53 Å². The number of hydrogen-bond acceptors (Lipinski definition) is 3. The monoisotopic (exact) mass is 270 g/mol. The maximum atomic E-state index is 11.8. The summed E-state index contributed by atoms with van der Waals surface area (Å²) in [6.07, 6.45) is 0.198. The molecule has 0 aliphatic heterocycles. The van der Waals surface area contributed by atoms with Gasteiger partial charge in [-0.15, -0.1) is 0 Å². The fourth-order valence-corrected chi connectivity index (χ4v) is 1.98. The number of methoxy groups -OCH3 is 1. The van der Waals surface area contributed by atoms with Crippen molar-refractivity contribution < 1.29 is 9.53 Å². The van der Waals surface area contributed by atoms with E-state index in [0.717, 1.165) is 5.69 Å². The van der Waals surface area contributed by atoms with Crippen LogP contribution in [0.4, 0.5) is 11.4 Å². The summed E-state index contributed by atoms with van der Waals surface area (Å²) in [5.41, 5.74) is 1.58. The molecule has 4 nitrogen and oxygen atoms in total. The van der Waals surface area contributed by atoms with Crippen molar-refractivity contribution in [3.05, 3.63) is 23.2 Å². The van der Waals surface area contributed by atoms with Gasteiger partial charge in [-0.05, 0) is 24.6 Å². The Morgan fingerprint density at radius 3 is 2.61 bits per heavy atom. The Kier molecular flexibility index (Phi) is 5.44. The van der Waals surface area contributed by atoms with Gasteiger partial charge in [0, 0.05) is 26.9 Å². The molecule has 5 heteroatoms. The number of amides is 1. The SMILES string of the molecule is CCC(OC)C(=O)Nc1ccc(N(C)C)c(Cl)c1. The van der Waals surface area contributed by atoms with E-state index < -0.39 is 6.10 Å². The van der Waals surface area contributed by atoms with E-state index in [2.05, 4.69) is 5.32 Å². The van der Waals surface area contributed by atoms with Crippen LogP contribution in [-0.4, -0.2) is 33.2 Å². The zero-order chi connectivity index (χ0) is 13.7. The molecule has 0 radical (unpaired) electrons. The molecule has 0 saturated carbocycles. The van der Waals surface area contributed by atoms with Gasteiger partial charge < -0.3 is 15.0 Å². The normalized spacial score (nSPS) is 12.1. The first-order valence-electron chi connectivity index (χ1n) is 5.80. The Morgan fingerprint density at radius 2 is 2.17 bits per heavy atom. The van der Waals surface area contributed by atoms with Crippen molar-refractivity contribution in [2.45, 2.75) is 19.4 Å². The molecule has 0 heterocycles. The van der Waals surface area contributed by atoms with Crippen molar-refractivity contribution in [3.8, 4) is 0 Å². The van der Waals surface area contributed by atoms with Gasteiger partial charge >= 0.3 is 0 Å². The van der Waals surface area contributed by atoms with E-state index in [4.69, 9.17) is 16.3 Å². The van der Waals surface area contributed by atoms with Crippen LogP contribution in [0.1, 0.15) is 13.3 Å². The predicted octanol–water partition coefficient (Wildman–Crippen LogP) is 2.77. The highest BCUT2D eigenvalue weighted by Crippen LogP contribution is 2.27. The van der Waals surface area contributed by atoms with Gasteiger partial charge in [-0.1, -0.05) is 18.5 Å². The quantitative estimate of drug-likeness (QED) is 0.895. The minimum absolute atomic E-state index is 0.159. The number of carbonyl (C=O) groups excluding carboxylic acids is 1. The summed E-state index contributed by atoms with van der Waals surface area (Å²) in [7, 11) is 5.35. The van der Waals surface area contributed by atoms with E-state index in [0.29, 0.717) is 17.1 Å².